The first kappa shape index (κ1) is 18.7. The lowest BCUT2D eigenvalue weighted by Gasteiger charge is -2.22. The molecule has 29 heavy (non-hydrogen) atoms. The van der Waals surface area contributed by atoms with Crippen LogP contribution in [-0.2, 0) is 4.74 Å². The van der Waals surface area contributed by atoms with Gasteiger partial charge in [0.15, 0.2) is 0 Å². The topological polar surface area (TPSA) is 50.3 Å². The highest BCUT2D eigenvalue weighted by atomic mass is 32.1. The first-order valence-corrected chi connectivity index (χ1v) is 11.4. The lowest BCUT2D eigenvalue weighted by Crippen LogP contribution is -2.31. The van der Waals surface area contributed by atoms with Crippen LogP contribution in [0, 0.1) is 0 Å². The number of nitrogens with one attached hydrogen (secondary N) is 1. The molecule has 1 N–H and O–H groups in total. The standard InChI is InChI=1S/C22H22N4OS2/c1-3-27-12-19-15(7-9-26(19)2)21-11-16-17(6-8-23-22(16)29-21)25-14-4-5-20-18(10-14)24-13-28-20/h4-8,10-11,13,19H,3,9,12H2,1-2H3,(H,23,25). The van der Waals surface area contributed by atoms with Crippen LogP contribution in [0.1, 0.15) is 11.8 Å². The molecule has 3 aromatic heterocycles. The summed E-state index contributed by atoms with van der Waals surface area (Å²) in [6, 6.07) is 10.9. The molecule has 1 aliphatic heterocycles. The van der Waals surface area contributed by atoms with Crippen molar-refractivity contribution < 1.29 is 4.74 Å². The second kappa shape index (κ2) is 7.84. The Morgan fingerprint density at radius 1 is 1.24 bits per heavy atom. The fourth-order valence-corrected chi connectivity index (χ4v) is 5.51. The molecule has 5 rings (SSSR count). The van der Waals surface area contributed by atoms with E-state index in [0.29, 0.717) is 6.04 Å². The second-order valence-corrected chi connectivity index (χ2v) is 9.04. The predicted octanol–water partition coefficient (Wildman–Crippen LogP) is 5.38. The quantitative estimate of drug-likeness (QED) is 0.452. The molecule has 0 bridgehead atoms. The summed E-state index contributed by atoms with van der Waals surface area (Å²) in [5, 5.41) is 4.71. The number of thiazole rings is 1. The SMILES string of the molecule is CCOCC1C(c2cc3c(Nc4ccc5scnc5c4)ccnc3s2)=CCN1C. The molecule has 4 heterocycles. The Morgan fingerprint density at radius 2 is 2.17 bits per heavy atom. The maximum atomic E-state index is 5.73. The van der Waals surface area contributed by atoms with Crippen molar-refractivity contribution in [2.45, 2.75) is 13.0 Å². The van der Waals surface area contributed by atoms with Crippen LogP contribution in [0.2, 0.25) is 0 Å². The molecule has 7 heteroatoms. The normalized spacial score (nSPS) is 17.3. The van der Waals surface area contributed by atoms with E-state index in [1.807, 2.05) is 24.7 Å². The van der Waals surface area contributed by atoms with Gasteiger partial charge in [-0.15, -0.1) is 22.7 Å². The first-order chi connectivity index (χ1) is 14.2. The number of pyridine rings is 1. The monoisotopic (exact) mass is 422 g/mol. The highest BCUT2D eigenvalue weighted by Gasteiger charge is 2.27. The Morgan fingerprint density at radius 3 is 3.07 bits per heavy atom. The third kappa shape index (κ3) is 3.55. The van der Waals surface area contributed by atoms with Crippen molar-refractivity contribution in [2.24, 2.45) is 0 Å². The van der Waals surface area contributed by atoms with Crippen molar-refractivity contribution in [1.29, 1.82) is 0 Å². The first-order valence-electron chi connectivity index (χ1n) is 9.70. The molecule has 0 aliphatic carbocycles. The molecular formula is C22H22N4OS2. The minimum absolute atomic E-state index is 0.298. The summed E-state index contributed by atoms with van der Waals surface area (Å²) < 4.78 is 6.93. The van der Waals surface area contributed by atoms with Crippen LogP contribution in [0.15, 0.2) is 48.1 Å². The van der Waals surface area contributed by atoms with Crippen LogP contribution in [0.4, 0.5) is 11.4 Å². The van der Waals surface area contributed by atoms with Crippen molar-refractivity contribution in [1.82, 2.24) is 14.9 Å². The number of anilines is 2. The molecular weight excluding hydrogens is 400 g/mol. The number of nitrogens with zero attached hydrogens (tertiary/aromatic N) is 3. The number of ether oxygens (including phenoxy) is 1. The van der Waals surface area contributed by atoms with Crippen LogP contribution in [0.25, 0.3) is 26.0 Å². The van der Waals surface area contributed by atoms with Gasteiger partial charge in [-0.05, 0) is 49.9 Å². The van der Waals surface area contributed by atoms with Crippen LogP contribution in [0.3, 0.4) is 0 Å². The molecule has 4 aromatic rings. The van der Waals surface area contributed by atoms with Gasteiger partial charge in [0, 0.05) is 35.3 Å². The van der Waals surface area contributed by atoms with Gasteiger partial charge in [0.05, 0.1) is 34.1 Å². The van der Waals surface area contributed by atoms with Gasteiger partial charge in [0.1, 0.15) is 4.83 Å². The molecule has 0 spiro atoms. The summed E-state index contributed by atoms with van der Waals surface area (Å²) in [5.41, 5.74) is 6.36. The molecule has 1 aromatic carbocycles. The fraction of sp³-hybridized carbons (Fsp3) is 0.273. The molecule has 1 unspecified atom stereocenters. The lowest BCUT2D eigenvalue weighted by molar-refractivity contribution is 0.108. The predicted molar refractivity (Wildman–Crippen MR) is 123 cm³/mol. The van der Waals surface area contributed by atoms with Crippen LogP contribution in [0.5, 0.6) is 0 Å². The van der Waals surface area contributed by atoms with Crippen molar-refractivity contribution in [2.75, 3.05) is 32.1 Å². The third-order valence-electron chi connectivity index (χ3n) is 5.30. The summed E-state index contributed by atoms with van der Waals surface area (Å²) in [5.74, 6) is 0. The molecule has 0 fully saturated rings. The fourth-order valence-electron chi connectivity index (χ4n) is 3.74. The second-order valence-electron chi connectivity index (χ2n) is 7.12. The maximum Gasteiger partial charge on any atom is 0.125 e. The molecule has 148 valence electrons. The van der Waals surface area contributed by atoms with Gasteiger partial charge < -0.3 is 10.1 Å². The minimum Gasteiger partial charge on any atom is -0.380 e. The summed E-state index contributed by atoms with van der Waals surface area (Å²) >= 11 is 3.41. The van der Waals surface area contributed by atoms with Gasteiger partial charge in [-0.25, -0.2) is 9.97 Å². The zero-order chi connectivity index (χ0) is 19.8. The molecule has 0 amide bonds. The number of thiophene rings is 1. The molecule has 0 saturated carbocycles. The highest BCUT2D eigenvalue weighted by Crippen LogP contribution is 2.38. The van der Waals surface area contributed by atoms with Crippen molar-refractivity contribution >= 4 is 60.1 Å². The highest BCUT2D eigenvalue weighted by molar-refractivity contribution is 7.19. The van der Waals surface area contributed by atoms with E-state index in [1.165, 1.54) is 15.2 Å². The van der Waals surface area contributed by atoms with E-state index < -0.39 is 0 Å². The number of likely N-dealkylation sites (N-methyl/N-ethyl adjacent to an activating group) is 1. The Labute approximate surface area is 177 Å². The number of hydrogen-bond donors (Lipinski definition) is 1. The lowest BCUT2D eigenvalue weighted by atomic mass is 10.1. The van der Waals surface area contributed by atoms with Crippen molar-refractivity contribution in [3.63, 3.8) is 0 Å². The van der Waals surface area contributed by atoms with E-state index in [2.05, 4.69) is 57.6 Å². The zero-order valence-corrected chi connectivity index (χ0v) is 18.0. The average Bonchev–Trinajstić information content (AvgIpc) is 3.44. The molecule has 1 atom stereocenters. The molecule has 0 radical (unpaired) electrons. The summed E-state index contributed by atoms with van der Waals surface area (Å²) in [7, 11) is 2.15. The van der Waals surface area contributed by atoms with E-state index in [9.17, 15) is 0 Å². The van der Waals surface area contributed by atoms with Gasteiger partial charge in [-0.1, -0.05) is 6.08 Å². The van der Waals surface area contributed by atoms with Gasteiger partial charge in [-0.2, -0.15) is 0 Å². The minimum atomic E-state index is 0.298. The Balaban J connectivity index is 1.48. The van der Waals surface area contributed by atoms with Crippen molar-refractivity contribution in [3.05, 3.63) is 53.0 Å². The summed E-state index contributed by atoms with van der Waals surface area (Å²) in [4.78, 5) is 13.7. The number of hydrogen-bond acceptors (Lipinski definition) is 7. The van der Waals surface area contributed by atoms with Gasteiger partial charge in [0.25, 0.3) is 0 Å². The van der Waals surface area contributed by atoms with Gasteiger partial charge >= 0.3 is 0 Å². The summed E-state index contributed by atoms with van der Waals surface area (Å²) in [6.45, 7) is 4.46. The number of fused-ring (bicyclic) bond motifs is 2. The Kier molecular flexibility index (Phi) is 5.05. The van der Waals surface area contributed by atoms with Gasteiger partial charge in [0.2, 0.25) is 0 Å². The Bertz CT molecular complexity index is 1200. The van der Waals surface area contributed by atoms with E-state index >= 15 is 0 Å². The molecule has 1 aliphatic rings. The van der Waals surface area contributed by atoms with E-state index in [-0.39, 0.29) is 0 Å². The smallest absolute Gasteiger partial charge is 0.125 e. The van der Waals surface area contributed by atoms with Gasteiger partial charge in [-0.3, -0.25) is 4.90 Å². The van der Waals surface area contributed by atoms with E-state index in [0.717, 1.165) is 46.9 Å². The molecule has 0 saturated heterocycles. The summed E-state index contributed by atoms with van der Waals surface area (Å²) in [6.07, 6.45) is 4.19. The van der Waals surface area contributed by atoms with Crippen LogP contribution >= 0.6 is 22.7 Å². The number of aromatic nitrogens is 2. The third-order valence-corrected chi connectivity index (χ3v) is 7.20. The van der Waals surface area contributed by atoms with Crippen molar-refractivity contribution in [3.8, 4) is 0 Å². The number of rotatable bonds is 6. The number of benzene rings is 1. The van der Waals surface area contributed by atoms with E-state index in [1.54, 1.807) is 22.7 Å². The average molecular weight is 423 g/mol. The van der Waals surface area contributed by atoms with Crippen LogP contribution in [-0.4, -0.2) is 47.7 Å². The van der Waals surface area contributed by atoms with E-state index in [4.69, 9.17) is 4.74 Å². The zero-order valence-electron chi connectivity index (χ0n) is 16.4. The Hall–Kier alpha value is -2.32. The van der Waals surface area contributed by atoms with Crippen LogP contribution < -0.4 is 5.32 Å². The largest absolute Gasteiger partial charge is 0.380 e. The maximum absolute atomic E-state index is 5.73. The molecule has 5 nitrogen and oxygen atoms in total.